The third kappa shape index (κ3) is 6.79. The van der Waals surface area contributed by atoms with E-state index in [-0.39, 0.29) is 5.91 Å². The van der Waals surface area contributed by atoms with Gasteiger partial charge in [0.2, 0.25) is 5.91 Å². The first kappa shape index (κ1) is 12.8. The highest BCUT2D eigenvalue weighted by molar-refractivity contribution is 7.98. The zero-order valence-corrected chi connectivity index (χ0v) is 10.5. The second-order valence-corrected chi connectivity index (χ2v) is 5.27. The Morgan fingerprint density at radius 3 is 2.87 bits per heavy atom. The van der Waals surface area contributed by atoms with E-state index in [1.54, 1.807) is 0 Å². The van der Waals surface area contributed by atoms with Crippen LogP contribution in [-0.4, -0.2) is 37.0 Å². The lowest BCUT2D eigenvalue weighted by Gasteiger charge is -2.10. The summed E-state index contributed by atoms with van der Waals surface area (Å²) in [5.74, 6) is 2.07. The van der Waals surface area contributed by atoms with Gasteiger partial charge in [-0.1, -0.05) is 6.92 Å². The van der Waals surface area contributed by atoms with E-state index in [1.165, 1.54) is 18.6 Å². The number of hydrogen-bond donors (Lipinski definition) is 2. The Morgan fingerprint density at radius 2 is 2.27 bits per heavy atom. The molecular formula is C11H22N2OS. The van der Waals surface area contributed by atoms with Crippen LogP contribution in [0.25, 0.3) is 0 Å². The molecule has 1 amide bonds. The van der Waals surface area contributed by atoms with Crippen LogP contribution in [0.5, 0.6) is 0 Å². The number of carbonyl (C=O) groups excluding carboxylic acids is 1. The molecule has 1 aliphatic rings. The van der Waals surface area contributed by atoms with E-state index in [4.69, 9.17) is 0 Å². The molecule has 0 radical (unpaired) electrons. The third-order valence-electron chi connectivity index (χ3n) is 2.42. The van der Waals surface area contributed by atoms with Crippen LogP contribution in [0.4, 0.5) is 0 Å². The Morgan fingerprint density at radius 1 is 1.53 bits per heavy atom. The Labute approximate surface area is 96.8 Å². The van der Waals surface area contributed by atoms with Gasteiger partial charge in [-0.25, -0.2) is 0 Å². The van der Waals surface area contributed by atoms with Gasteiger partial charge in [-0.3, -0.25) is 4.79 Å². The molecule has 0 saturated heterocycles. The molecule has 0 heterocycles. The highest BCUT2D eigenvalue weighted by Crippen LogP contribution is 2.18. The van der Waals surface area contributed by atoms with Gasteiger partial charge in [0.25, 0.3) is 0 Å². The predicted molar refractivity (Wildman–Crippen MR) is 66.2 cm³/mol. The summed E-state index contributed by atoms with van der Waals surface area (Å²) >= 11 is 1.87. The first-order valence-electron chi connectivity index (χ1n) is 5.71. The van der Waals surface area contributed by atoms with Gasteiger partial charge in [-0.05, 0) is 37.3 Å². The molecule has 1 atom stereocenters. The quantitative estimate of drug-likeness (QED) is 0.617. The molecule has 4 heteroatoms. The molecule has 3 nitrogen and oxygen atoms in total. The molecule has 1 rings (SSSR count). The van der Waals surface area contributed by atoms with E-state index in [2.05, 4.69) is 23.8 Å². The summed E-state index contributed by atoms with van der Waals surface area (Å²) in [6, 6.07) is 0.493. The van der Waals surface area contributed by atoms with Crippen LogP contribution >= 0.6 is 11.8 Å². The molecular weight excluding hydrogens is 208 g/mol. The van der Waals surface area contributed by atoms with Crippen molar-refractivity contribution in [1.29, 1.82) is 0 Å². The van der Waals surface area contributed by atoms with E-state index in [1.807, 2.05) is 11.8 Å². The summed E-state index contributed by atoms with van der Waals surface area (Å²) in [4.78, 5) is 11.3. The van der Waals surface area contributed by atoms with E-state index in [0.29, 0.717) is 18.4 Å². The van der Waals surface area contributed by atoms with Gasteiger partial charge in [0, 0.05) is 19.0 Å². The first-order chi connectivity index (χ1) is 7.22. The fourth-order valence-corrected chi connectivity index (χ4v) is 2.11. The Bertz CT molecular complexity index is 195. The van der Waals surface area contributed by atoms with Crippen molar-refractivity contribution < 1.29 is 4.79 Å². The second-order valence-electron chi connectivity index (χ2n) is 4.36. The van der Waals surface area contributed by atoms with Gasteiger partial charge in [0.05, 0.1) is 0 Å². The molecule has 0 aromatic heterocycles. The first-order valence-corrected chi connectivity index (χ1v) is 7.10. The highest BCUT2D eigenvalue weighted by atomic mass is 32.2. The predicted octanol–water partition coefficient (Wildman–Crippen LogP) is 1.24. The average Bonchev–Trinajstić information content (AvgIpc) is 2.97. The third-order valence-corrected chi connectivity index (χ3v) is 3.32. The SMILES string of the molecule is CSCC(C)CNCCC(=O)NC1CC1. The van der Waals surface area contributed by atoms with Crippen LogP contribution in [-0.2, 0) is 4.79 Å². The Hall–Kier alpha value is -0.220. The molecule has 1 saturated carbocycles. The van der Waals surface area contributed by atoms with Gasteiger partial charge in [0.15, 0.2) is 0 Å². The van der Waals surface area contributed by atoms with E-state index < -0.39 is 0 Å². The van der Waals surface area contributed by atoms with Crippen molar-refractivity contribution in [2.75, 3.05) is 25.1 Å². The largest absolute Gasteiger partial charge is 0.353 e. The average molecular weight is 230 g/mol. The lowest BCUT2D eigenvalue weighted by molar-refractivity contribution is -0.121. The lowest BCUT2D eigenvalue weighted by atomic mass is 10.2. The molecule has 0 aromatic carbocycles. The summed E-state index contributed by atoms with van der Waals surface area (Å²) in [7, 11) is 0. The summed E-state index contributed by atoms with van der Waals surface area (Å²) in [5, 5.41) is 6.30. The standard InChI is InChI=1S/C11H22N2OS/c1-9(8-15-2)7-12-6-5-11(14)13-10-3-4-10/h9-10,12H,3-8H2,1-2H3,(H,13,14). The molecule has 0 bridgehead atoms. The van der Waals surface area contributed by atoms with Gasteiger partial charge in [-0.2, -0.15) is 11.8 Å². The van der Waals surface area contributed by atoms with Crippen LogP contribution in [0, 0.1) is 5.92 Å². The van der Waals surface area contributed by atoms with Crippen molar-refractivity contribution in [3.63, 3.8) is 0 Å². The zero-order chi connectivity index (χ0) is 11.1. The fourth-order valence-electron chi connectivity index (χ4n) is 1.42. The van der Waals surface area contributed by atoms with Crippen LogP contribution in [0.1, 0.15) is 26.2 Å². The molecule has 0 aromatic rings. The molecule has 1 fully saturated rings. The van der Waals surface area contributed by atoms with Gasteiger partial charge in [-0.15, -0.1) is 0 Å². The maximum absolute atomic E-state index is 11.3. The number of thioether (sulfide) groups is 1. The van der Waals surface area contributed by atoms with E-state index in [0.717, 1.165) is 13.1 Å². The minimum absolute atomic E-state index is 0.197. The minimum Gasteiger partial charge on any atom is -0.353 e. The van der Waals surface area contributed by atoms with Crippen LogP contribution in [0.15, 0.2) is 0 Å². The van der Waals surface area contributed by atoms with Crippen molar-refractivity contribution in [2.24, 2.45) is 5.92 Å². The second kappa shape index (κ2) is 7.12. The maximum Gasteiger partial charge on any atom is 0.221 e. The number of hydrogen-bond acceptors (Lipinski definition) is 3. The highest BCUT2D eigenvalue weighted by Gasteiger charge is 2.22. The topological polar surface area (TPSA) is 41.1 Å². The molecule has 2 N–H and O–H groups in total. The van der Waals surface area contributed by atoms with E-state index in [9.17, 15) is 4.79 Å². The van der Waals surface area contributed by atoms with Gasteiger partial charge >= 0.3 is 0 Å². The Balaban J connectivity index is 1.88. The van der Waals surface area contributed by atoms with Crippen molar-refractivity contribution in [1.82, 2.24) is 10.6 Å². The number of nitrogens with one attached hydrogen (secondary N) is 2. The monoisotopic (exact) mass is 230 g/mol. The summed E-state index contributed by atoms with van der Waals surface area (Å²) in [6.45, 7) is 4.04. The van der Waals surface area contributed by atoms with Crippen molar-refractivity contribution in [2.45, 2.75) is 32.2 Å². The molecule has 0 aliphatic heterocycles. The van der Waals surface area contributed by atoms with Crippen molar-refractivity contribution >= 4 is 17.7 Å². The summed E-state index contributed by atoms with van der Waals surface area (Å²) in [6.07, 6.45) is 5.08. The van der Waals surface area contributed by atoms with Gasteiger partial charge < -0.3 is 10.6 Å². The molecule has 88 valence electrons. The molecule has 0 spiro atoms. The van der Waals surface area contributed by atoms with Crippen molar-refractivity contribution in [3.05, 3.63) is 0 Å². The molecule has 1 unspecified atom stereocenters. The van der Waals surface area contributed by atoms with Crippen molar-refractivity contribution in [3.8, 4) is 0 Å². The van der Waals surface area contributed by atoms with Crippen LogP contribution in [0.2, 0.25) is 0 Å². The van der Waals surface area contributed by atoms with Crippen LogP contribution < -0.4 is 10.6 Å². The molecule has 1 aliphatic carbocycles. The smallest absolute Gasteiger partial charge is 0.221 e. The summed E-state index contributed by atoms with van der Waals surface area (Å²) in [5.41, 5.74) is 0. The van der Waals surface area contributed by atoms with Gasteiger partial charge in [0.1, 0.15) is 0 Å². The van der Waals surface area contributed by atoms with E-state index >= 15 is 0 Å². The zero-order valence-electron chi connectivity index (χ0n) is 9.71. The Kier molecular flexibility index (Phi) is 6.10. The number of carbonyl (C=O) groups is 1. The number of rotatable bonds is 8. The lowest BCUT2D eigenvalue weighted by Crippen LogP contribution is -2.30. The fraction of sp³-hybridized carbons (Fsp3) is 0.909. The van der Waals surface area contributed by atoms with Crippen LogP contribution in [0.3, 0.4) is 0 Å². The summed E-state index contributed by atoms with van der Waals surface area (Å²) < 4.78 is 0. The normalized spacial score (nSPS) is 17.5. The maximum atomic E-state index is 11.3. The number of amides is 1. The molecule has 15 heavy (non-hydrogen) atoms. The minimum atomic E-state index is 0.197.